The van der Waals surface area contributed by atoms with Crippen molar-refractivity contribution in [2.75, 3.05) is 0 Å². The van der Waals surface area contributed by atoms with E-state index in [4.69, 9.17) is 14.2 Å². The van der Waals surface area contributed by atoms with Crippen molar-refractivity contribution in [2.24, 2.45) is 0 Å². The van der Waals surface area contributed by atoms with Crippen LogP contribution in [0.25, 0.3) is 0 Å². The van der Waals surface area contributed by atoms with E-state index in [1.54, 1.807) is 0 Å². The van der Waals surface area contributed by atoms with Crippen LogP contribution in [0.15, 0.2) is 38.0 Å². The van der Waals surface area contributed by atoms with E-state index in [1.807, 2.05) is 0 Å². The van der Waals surface area contributed by atoms with Crippen LogP contribution < -0.4 is 0 Å². The van der Waals surface area contributed by atoms with Crippen LogP contribution in [0.4, 0.5) is 0 Å². The highest BCUT2D eigenvalue weighted by atomic mass is 16.6. The Labute approximate surface area is 224 Å². The summed E-state index contributed by atoms with van der Waals surface area (Å²) in [5.74, 6) is -8.45. The third-order valence-electron chi connectivity index (χ3n) is 5.61. The highest BCUT2D eigenvalue weighted by Crippen LogP contribution is 2.44. The average Bonchev–Trinajstić information content (AvgIpc) is 2.90. The van der Waals surface area contributed by atoms with E-state index in [2.05, 4.69) is 19.7 Å². The number of hydrogen-bond donors (Lipinski definition) is 3. The molecule has 1 aromatic carbocycles. The first-order valence-electron chi connectivity index (χ1n) is 11.8. The van der Waals surface area contributed by atoms with Crippen molar-refractivity contribution in [2.45, 2.75) is 58.3 Å². The van der Waals surface area contributed by atoms with Gasteiger partial charge in [0.1, 0.15) is 18.3 Å². The van der Waals surface area contributed by atoms with Gasteiger partial charge in [-0.2, -0.15) is 0 Å². The fourth-order valence-electron chi connectivity index (χ4n) is 4.08. The largest absolute Gasteiger partial charge is 0.478 e. The first-order valence-corrected chi connectivity index (χ1v) is 11.8. The van der Waals surface area contributed by atoms with Crippen molar-refractivity contribution >= 4 is 35.8 Å². The third-order valence-corrected chi connectivity index (χ3v) is 5.61. The van der Waals surface area contributed by atoms with E-state index in [-0.39, 0.29) is 19.3 Å². The number of carbonyl (C=O) groups is 6. The van der Waals surface area contributed by atoms with Crippen molar-refractivity contribution in [3.8, 4) is 0 Å². The summed E-state index contributed by atoms with van der Waals surface area (Å²) in [7, 11) is 0. The van der Waals surface area contributed by atoms with E-state index in [1.165, 1.54) is 20.8 Å². The van der Waals surface area contributed by atoms with Crippen LogP contribution in [-0.2, 0) is 28.6 Å². The minimum absolute atomic E-state index is 0.118. The number of hydrogen-bond acceptors (Lipinski definition) is 9. The molecule has 0 radical (unpaired) electrons. The van der Waals surface area contributed by atoms with E-state index in [0.29, 0.717) is 0 Å². The Balaban J connectivity index is 4.66. The zero-order valence-electron chi connectivity index (χ0n) is 21.7. The molecule has 0 saturated carbocycles. The molecule has 0 aliphatic carbocycles. The normalized spacial score (nSPS) is 12.7. The van der Waals surface area contributed by atoms with Gasteiger partial charge in [0.25, 0.3) is 0 Å². The summed E-state index contributed by atoms with van der Waals surface area (Å²) in [4.78, 5) is 74.4. The number of carboxylic acids is 3. The minimum Gasteiger partial charge on any atom is -0.478 e. The molecule has 0 bridgehead atoms. The van der Waals surface area contributed by atoms with Gasteiger partial charge >= 0.3 is 35.8 Å². The number of carbonyl (C=O) groups excluding carboxylic acids is 3. The predicted molar refractivity (Wildman–Crippen MR) is 135 cm³/mol. The summed E-state index contributed by atoms with van der Waals surface area (Å²) < 4.78 is 15.9. The summed E-state index contributed by atoms with van der Waals surface area (Å²) in [6.45, 7) is 14.3. The maximum atomic E-state index is 12.8. The fraction of sp³-hybridized carbons (Fsp3) is 0.333. The van der Waals surface area contributed by atoms with Gasteiger partial charge in [-0.05, 0) is 19.3 Å². The van der Waals surface area contributed by atoms with Crippen molar-refractivity contribution in [1.82, 2.24) is 0 Å². The number of rotatable bonds is 15. The van der Waals surface area contributed by atoms with Crippen molar-refractivity contribution in [3.63, 3.8) is 0 Å². The van der Waals surface area contributed by atoms with Gasteiger partial charge in [0.2, 0.25) is 0 Å². The molecule has 12 nitrogen and oxygen atoms in total. The number of aromatic carboxylic acids is 3. The summed E-state index contributed by atoms with van der Waals surface area (Å²) in [6, 6.07) is 0. The van der Waals surface area contributed by atoms with Crippen LogP contribution in [0.3, 0.4) is 0 Å². The smallest absolute Gasteiger partial charge is 0.337 e. The van der Waals surface area contributed by atoms with Crippen molar-refractivity contribution in [1.29, 1.82) is 0 Å². The molecular formula is C27H30O12. The van der Waals surface area contributed by atoms with Crippen LogP contribution in [-0.4, -0.2) is 51.1 Å². The molecule has 12 heteroatoms. The molecule has 0 amide bonds. The van der Waals surface area contributed by atoms with Crippen LogP contribution in [0.1, 0.15) is 106 Å². The standard InChI is InChI=1S/C27H30O12/c1-7-13(37-16(28)10-4)19-20(14(8-2)38-17(29)11-5)23(26(33)34)24(27(35)36)21(22(19)25(31)32)15(9-3)39-18(30)12-6/h10-15H,4-9H2,1-3H3,(H,31,32)(H,33,34)(H,35,36). The summed E-state index contributed by atoms with van der Waals surface area (Å²) >= 11 is 0. The lowest BCUT2D eigenvalue weighted by Gasteiger charge is -2.31. The quantitative estimate of drug-likeness (QED) is 0.161. The lowest BCUT2D eigenvalue weighted by Crippen LogP contribution is -2.29. The second kappa shape index (κ2) is 14.3. The first-order chi connectivity index (χ1) is 18.3. The summed E-state index contributed by atoms with van der Waals surface area (Å²) in [5.41, 5.74) is -4.31. The fourth-order valence-corrected chi connectivity index (χ4v) is 4.08. The maximum Gasteiger partial charge on any atom is 0.337 e. The molecule has 0 aliphatic rings. The van der Waals surface area contributed by atoms with Crippen LogP contribution >= 0.6 is 0 Å². The predicted octanol–water partition coefficient (Wildman–Crippen LogP) is 4.32. The van der Waals surface area contributed by atoms with Gasteiger partial charge < -0.3 is 29.5 Å². The molecule has 0 saturated heterocycles. The minimum atomic E-state index is -1.85. The van der Waals surface area contributed by atoms with Gasteiger partial charge in [0.15, 0.2) is 0 Å². The highest BCUT2D eigenvalue weighted by Gasteiger charge is 2.42. The molecule has 0 aliphatic heterocycles. The molecule has 0 aromatic heterocycles. The van der Waals surface area contributed by atoms with Crippen LogP contribution in [0.5, 0.6) is 0 Å². The molecule has 0 spiro atoms. The lowest BCUT2D eigenvalue weighted by atomic mass is 9.79. The number of benzene rings is 1. The van der Waals surface area contributed by atoms with Gasteiger partial charge in [0.05, 0.1) is 16.7 Å². The lowest BCUT2D eigenvalue weighted by molar-refractivity contribution is -0.145. The average molecular weight is 547 g/mol. The molecule has 3 atom stereocenters. The van der Waals surface area contributed by atoms with E-state index >= 15 is 0 Å². The number of ether oxygens (including phenoxy) is 3. The SMILES string of the molecule is C=CC(=O)OC(CC)c1c(C(=O)O)c(C(=O)O)c(C(CC)OC(=O)C=C)c(C(CC)OC(=O)C=C)c1C(=O)O. The second-order valence-electron chi connectivity index (χ2n) is 7.90. The second-order valence-corrected chi connectivity index (χ2v) is 7.90. The zero-order chi connectivity index (χ0) is 30.0. The highest BCUT2D eigenvalue weighted by molar-refractivity contribution is 6.08. The van der Waals surface area contributed by atoms with Crippen LogP contribution in [0.2, 0.25) is 0 Å². The third kappa shape index (κ3) is 7.18. The first kappa shape index (κ1) is 32.3. The molecule has 1 aromatic rings. The Hall–Kier alpha value is -4.74. The molecule has 0 fully saturated rings. The Morgan fingerprint density at radius 2 is 0.821 bits per heavy atom. The molecular weight excluding hydrogens is 516 g/mol. The van der Waals surface area contributed by atoms with Gasteiger partial charge in [-0.15, -0.1) is 0 Å². The van der Waals surface area contributed by atoms with Gasteiger partial charge in [-0.3, -0.25) is 0 Å². The maximum absolute atomic E-state index is 12.8. The Morgan fingerprint density at radius 3 is 1.08 bits per heavy atom. The zero-order valence-corrected chi connectivity index (χ0v) is 21.7. The summed E-state index contributed by atoms with van der Waals surface area (Å²) in [5, 5.41) is 30.8. The van der Waals surface area contributed by atoms with Crippen LogP contribution in [0, 0.1) is 0 Å². The van der Waals surface area contributed by atoms with Crippen molar-refractivity contribution < 1.29 is 58.3 Å². The Bertz CT molecular complexity index is 1210. The monoisotopic (exact) mass is 546 g/mol. The molecule has 0 heterocycles. The Kier molecular flexibility index (Phi) is 11.8. The molecule has 3 unspecified atom stereocenters. The van der Waals surface area contributed by atoms with Crippen molar-refractivity contribution in [3.05, 3.63) is 71.3 Å². The molecule has 39 heavy (non-hydrogen) atoms. The van der Waals surface area contributed by atoms with E-state index in [9.17, 15) is 44.1 Å². The number of esters is 3. The van der Waals surface area contributed by atoms with Gasteiger partial charge in [-0.1, -0.05) is 40.5 Å². The summed E-state index contributed by atoms with van der Waals surface area (Å²) in [6.07, 6.45) is -2.64. The topological polar surface area (TPSA) is 191 Å². The van der Waals surface area contributed by atoms with Gasteiger partial charge in [0, 0.05) is 34.9 Å². The van der Waals surface area contributed by atoms with E-state index < -0.39 is 87.5 Å². The molecule has 3 N–H and O–H groups in total. The number of carboxylic acid groups (broad SMARTS) is 3. The molecule has 1 rings (SSSR count). The Morgan fingerprint density at radius 1 is 0.564 bits per heavy atom. The molecule has 210 valence electrons. The van der Waals surface area contributed by atoms with Gasteiger partial charge in [-0.25, -0.2) is 28.8 Å². The van der Waals surface area contributed by atoms with E-state index in [0.717, 1.165) is 18.2 Å².